The first-order valence-electron chi connectivity index (χ1n) is 12.0. The van der Waals surface area contributed by atoms with Crippen LogP contribution in [0, 0.1) is 6.92 Å². The van der Waals surface area contributed by atoms with Crippen LogP contribution in [0.1, 0.15) is 35.5 Å². The summed E-state index contributed by atoms with van der Waals surface area (Å²) >= 11 is 0. The molecule has 182 valence electrons. The number of hydrogen-bond donors (Lipinski definition) is 1. The summed E-state index contributed by atoms with van der Waals surface area (Å²) in [5.41, 5.74) is 3.59. The summed E-state index contributed by atoms with van der Waals surface area (Å²) in [6.07, 6.45) is 0. The summed E-state index contributed by atoms with van der Waals surface area (Å²) in [7, 11) is 1.65. The van der Waals surface area contributed by atoms with E-state index in [1.807, 2.05) is 42.5 Å². The van der Waals surface area contributed by atoms with Crippen LogP contribution in [0.2, 0.25) is 0 Å². The Morgan fingerprint density at radius 1 is 1.06 bits per heavy atom. The van der Waals surface area contributed by atoms with Crippen molar-refractivity contribution in [2.45, 2.75) is 26.4 Å². The van der Waals surface area contributed by atoms with Gasteiger partial charge in [0, 0.05) is 37.3 Å². The molecule has 0 saturated carbocycles. The van der Waals surface area contributed by atoms with Gasteiger partial charge < -0.3 is 14.6 Å². The highest BCUT2D eigenvalue weighted by atomic mass is 16.5. The minimum Gasteiger partial charge on any atom is -0.497 e. The predicted molar refractivity (Wildman–Crippen MR) is 135 cm³/mol. The highest BCUT2D eigenvalue weighted by Crippen LogP contribution is 2.28. The van der Waals surface area contributed by atoms with E-state index in [4.69, 9.17) is 4.74 Å². The number of tetrazole rings is 1. The number of nitrogens with zero attached hydrogens (tertiary/aromatic N) is 6. The number of fused-ring (bicyclic) bond motifs is 1. The van der Waals surface area contributed by atoms with Gasteiger partial charge in [-0.25, -0.2) is 4.68 Å². The van der Waals surface area contributed by atoms with E-state index in [-0.39, 0.29) is 11.6 Å². The Kier molecular flexibility index (Phi) is 6.61. The number of nitrogens with one attached hydrogen (secondary N) is 1. The van der Waals surface area contributed by atoms with Crippen LogP contribution in [0.25, 0.3) is 10.9 Å². The van der Waals surface area contributed by atoms with Crippen LogP contribution in [-0.2, 0) is 6.54 Å². The number of likely N-dealkylation sites (N-methyl/N-ethyl adjacent to an activating group) is 1. The van der Waals surface area contributed by atoms with E-state index in [0.29, 0.717) is 17.9 Å². The van der Waals surface area contributed by atoms with Crippen LogP contribution in [0.5, 0.6) is 5.75 Å². The van der Waals surface area contributed by atoms with Crippen LogP contribution >= 0.6 is 0 Å². The Hall–Kier alpha value is -3.56. The molecule has 2 aromatic heterocycles. The molecule has 0 spiro atoms. The summed E-state index contributed by atoms with van der Waals surface area (Å²) < 4.78 is 7.09. The molecule has 2 aromatic carbocycles. The van der Waals surface area contributed by atoms with Crippen molar-refractivity contribution in [2.24, 2.45) is 0 Å². The Balaban J connectivity index is 1.57. The van der Waals surface area contributed by atoms with E-state index in [0.717, 1.165) is 60.5 Å². The van der Waals surface area contributed by atoms with Crippen LogP contribution in [-0.4, -0.2) is 74.8 Å². The van der Waals surface area contributed by atoms with E-state index >= 15 is 0 Å². The molecule has 0 amide bonds. The van der Waals surface area contributed by atoms with Gasteiger partial charge >= 0.3 is 0 Å². The van der Waals surface area contributed by atoms with E-state index in [9.17, 15) is 4.79 Å². The van der Waals surface area contributed by atoms with Crippen molar-refractivity contribution in [1.82, 2.24) is 35.0 Å². The molecule has 0 aliphatic carbocycles. The van der Waals surface area contributed by atoms with Crippen molar-refractivity contribution in [3.05, 3.63) is 81.4 Å². The molecule has 35 heavy (non-hydrogen) atoms. The van der Waals surface area contributed by atoms with Crippen molar-refractivity contribution in [3.63, 3.8) is 0 Å². The number of methoxy groups -OCH3 is 1. The minimum atomic E-state index is -0.351. The Bertz CT molecular complexity index is 1350. The van der Waals surface area contributed by atoms with Crippen molar-refractivity contribution >= 4 is 10.9 Å². The van der Waals surface area contributed by atoms with Crippen molar-refractivity contribution in [3.8, 4) is 5.75 Å². The lowest BCUT2D eigenvalue weighted by Gasteiger charge is -2.38. The van der Waals surface area contributed by atoms with Crippen LogP contribution in [0.3, 0.4) is 0 Å². The van der Waals surface area contributed by atoms with E-state index in [1.165, 1.54) is 0 Å². The molecule has 9 nitrogen and oxygen atoms in total. The lowest BCUT2D eigenvalue weighted by atomic mass is 10.0. The van der Waals surface area contributed by atoms with Crippen molar-refractivity contribution in [1.29, 1.82) is 0 Å². The number of aromatic amines is 1. The SMILES string of the molecule is CCN1CCN(C(c2cc3cc(C)ccc3[nH]c2=O)c2nnnn2Cc2ccc(OC)cc2)CC1. The maximum absolute atomic E-state index is 13.4. The number of benzene rings is 2. The lowest BCUT2D eigenvalue weighted by Crippen LogP contribution is -2.49. The standard InChI is InChI=1S/C26H31N7O2/c1-4-31-11-13-32(14-12-31)24(22-16-20-15-18(2)5-10-23(20)27-26(22)34)25-28-29-30-33(25)17-19-6-8-21(35-3)9-7-19/h5-10,15-16,24H,4,11-14,17H2,1-3H3,(H,27,34). The second kappa shape index (κ2) is 9.97. The largest absolute Gasteiger partial charge is 0.497 e. The maximum Gasteiger partial charge on any atom is 0.253 e. The molecule has 1 N–H and O–H groups in total. The van der Waals surface area contributed by atoms with Gasteiger partial charge in [-0.1, -0.05) is 30.7 Å². The minimum absolute atomic E-state index is 0.108. The number of hydrogen-bond acceptors (Lipinski definition) is 7. The number of aryl methyl sites for hydroxylation is 1. The van der Waals surface area contributed by atoms with E-state index < -0.39 is 0 Å². The number of aromatic nitrogens is 5. The average molecular weight is 474 g/mol. The Morgan fingerprint density at radius 3 is 2.54 bits per heavy atom. The molecule has 1 unspecified atom stereocenters. The van der Waals surface area contributed by atoms with Gasteiger partial charge in [-0.05, 0) is 65.2 Å². The molecule has 0 radical (unpaired) electrons. The smallest absolute Gasteiger partial charge is 0.253 e. The number of piperazine rings is 1. The predicted octanol–water partition coefficient (Wildman–Crippen LogP) is 2.61. The first-order chi connectivity index (χ1) is 17.1. The number of rotatable bonds is 7. The Labute approximate surface area is 204 Å². The topological polar surface area (TPSA) is 92.2 Å². The normalized spacial score (nSPS) is 16.0. The number of pyridine rings is 1. The van der Waals surface area contributed by atoms with Crippen LogP contribution in [0.15, 0.2) is 53.3 Å². The molecule has 1 aliphatic heterocycles. The Morgan fingerprint density at radius 2 is 1.83 bits per heavy atom. The highest BCUT2D eigenvalue weighted by Gasteiger charge is 2.32. The fourth-order valence-corrected chi connectivity index (χ4v) is 4.81. The highest BCUT2D eigenvalue weighted by molar-refractivity contribution is 5.79. The van der Waals surface area contributed by atoms with Gasteiger partial charge in [0.2, 0.25) is 0 Å². The molecule has 1 aliphatic rings. The van der Waals surface area contributed by atoms with Gasteiger partial charge in [0.25, 0.3) is 5.56 Å². The summed E-state index contributed by atoms with van der Waals surface area (Å²) in [6, 6.07) is 15.6. The fourth-order valence-electron chi connectivity index (χ4n) is 4.81. The average Bonchev–Trinajstić information content (AvgIpc) is 3.33. The monoisotopic (exact) mass is 473 g/mol. The molecule has 4 aromatic rings. The van der Waals surface area contributed by atoms with Gasteiger partial charge in [0.15, 0.2) is 5.82 Å². The van der Waals surface area contributed by atoms with Gasteiger partial charge in [0.1, 0.15) is 11.8 Å². The van der Waals surface area contributed by atoms with Crippen LogP contribution in [0.4, 0.5) is 0 Å². The van der Waals surface area contributed by atoms with Crippen molar-refractivity contribution < 1.29 is 4.74 Å². The van der Waals surface area contributed by atoms with Gasteiger partial charge in [-0.15, -0.1) is 5.10 Å². The first kappa shape index (κ1) is 23.2. The third-order valence-corrected chi connectivity index (χ3v) is 6.84. The molecule has 5 rings (SSSR count). The summed E-state index contributed by atoms with van der Waals surface area (Å²) in [5.74, 6) is 1.47. The van der Waals surface area contributed by atoms with Gasteiger partial charge in [-0.3, -0.25) is 9.69 Å². The molecular weight excluding hydrogens is 442 g/mol. The van der Waals surface area contributed by atoms with Gasteiger partial charge in [-0.2, -0.15) is 0 Å². The maximum atomic E-state index is 13.4. The van der Waals surface area contributed by atoms with Gasteiger partial charge in [0.05, 0.1) is 13.7 Å². The summed E-state index contributed by atoms with van der Waals surface area (Å²) in [6.45, 7) is 9.31. The molecule has 9 heteroatoms. The van der Waals surface area contributed by atoms with Crippen molar-refractivity contribution in [2.75, 3.05) is 39.8 Å². The fraction of sp³-hybridized carbons (Fsp3) is 0.385. The number of H-pyrrole nitrogens is 1. The summed E-state index contributed by atoms with van der Waals surface area (Å²) in [5, 5.41) is 13.8. The quantitative estimate of drug-likeness (QED) is 0.441. The molecule has 1 fully saturated rings. The summed E-state index contributed by atoms with van der Waals surface area (Å²) in [4.78, 5) is 21.2. The van der Waals surface area contributed by atoms with E-state index in [1.54, 1.807) is 11.8 Å². The second-order valence-corrected chi connectivity index (χ2v) is 9.06. The lowest BCUT2D eigenvalue weighted by molar-refractivity contribution is 0.108. The molecule has 0 bridgehead atoms. The third-order valence-electron chi connectivity index (χ3n) is 6.84. The zero-order valence-electron chi connectivity index (χ0n) is 20.4. The van der Waals surface area contributed by atoms with Crippen LogP contribution < -0.4 is 10.3 Å². The molecular formula is C26H31N7O2. The zero-order valence-corrected chi connectivity index (χ0v) is 20.4. The zero-order chi connectivity index (χ0) is 24.4. The third kappa shape index (κ3) is 4.82. The molecule has 1 atom stereocenters. The second-order valence-electron chi connectivity index (χ2n) is 9.06. The first-order valence-corrected chi connectivity index (χ1v) is 12.0. The number of ether oxygens (including phenoxy) is 1. The molecule has 3 heterocycles. The van der Waals surface area contributed by atoms with E-state index in [2.05, 4.69) is 50.2 Å². The molecule has 1 saturated heterocycles.